The van der Waals surface area contributed by atoms with Crippen LogP contribution >= 0.6 is 11.6 Å². The molecule has 0 radical (unpaired) electrons. The van der Waals surface area contributed by atoms with Crippen molar-refractivity contribution in [1.29, 1.82) is 0 Å². The minimum atomic E-state index is -0.457. The molecule has 0 spiro atoms. The maximum absolute atomic E-state index is 12.7. The van der Waals surface area contributed by atoms with Crippen LogP contribution in [0, 0.1) is 5.82 Å². The molecule has 1 aromatic rings. The van der Waals surface area contributed by atoms with E-state index in [1.807, 2.05) is 0 Å². The van der Waals surface area contributed by atoms with Crippen LogP contribution in [0.15, 0.2) is 18.2 Å². The van der Waals surface area contributed by atoms with Crippen molar-refractivity contribution >= 4 is 11.6 Å². The second kappa shape index (κ2) is 3.67. The fourth-order valence-corrected chi connectivity index (χ4v) is 0.843. The monoisotopic (exact) mass is 175 g/mol. The molecular formula is C7H7ClFNO. The van der Waals surface area contributed by atoms with E-state index in [2.05, 4.69) is 4.84 Å². The van der Waals surface area contributed by atoms with E-state index in [-0.39, 0.29) is 11.6 Å². The molecule has 2 nitrogen and oxygen atoms in total. The standard InChI is InChI=1S/C7H7ClFNO/c8-6-2-1-5(4-11-10)3-7(6)9/h1-3H,4,10H2. The van der Waals surface area contributed by atoms with Gasteiger partial charge in [-0.3, -0.25) is 4.84 Å². The molecule has 0 atom stereocenters. The Balaban J connectivity index is 2.86. The maximum Gasteiger partial charge on any atom is 0.142 e. The van der Waals surface area contributed by atoms with Crippen molar-refractivity contribution in [2.24, 2.45) is 5.90 Å². The summed E-state index contributed by atoms with van der Waals surface area (Å²) in [6.07, 6.45) is 0. The number of halogens is 2. The highest BCUT2D eigenvalue weighted by Gasteiger charge is 1.99. The summed E-state index contributed by atoms with van der Waals surface area (Å²) >= 11 is 5.43. The lowest BCUT2D eigenvalue weighted by molar-refractivity contribution is 0.124. The molecule has 1 aromatic carbocycles. The van der Waals surface area contributed by atoms with Crippen molar-refractivity contribution in [2.45, 2.75) is 6.61 Å². The van der Waals surface area contributed by atoms with Crippen LogP contribution in [0.25, 0.3) is 0 Å². The molecule has 0 saturated heterocycles. The summed E-state index contributed by atoms with van der Waals surface area (Å²) in [4.78, 5) is 4.31. The Hall–Kier alpha value is -0.640. The lowest BCUT2D eigenvalue weighted by Gasteiger charge is -1.99. The van der Waals surface area contributed by atoms with E-state index in [4.69, 9.17) is 17.5 Å². The van der Waals surface area contributed by atoms with Gasteiger partial charge in [-0.25, -0.2) is 10.3 Å². The van der Waals surface area contributed by atoms with Crippen LogP contribution in [0.5, 0.6) is 0 Å². The largest absolute Gasteiger partial charge is 0.300 e. The number of benzene rings is 1. The number of hydrogen-bond donors (Lipinski definition) is 1. The predicted molar refractivity (Wildman–Crippen MR) is 40.4 cm³/mol. The molecular weight excluding hydrogens is 169 g/mol. The van der Waals surface area contributed by atoms with Crippen molar-refractivity contribution in [3.05, 3.63) is 34.6 Å². The second-order valence-corrected chi connectivity index (χ2v) is 2.47. The van der Waals surface area contributed by atoms with E-state index in [9.17, 15) is 4.39 Å². The van der Waals surface area contributed by atoms with Gasteiger partial charge in [0.25, 0.3) is 0 Å². The highest BCUT2D eigenvalue weighted by Crippen LogP contribution is 2.15. The molecule has 0 fully saturated rings. The van der Waals surface area contributed by atoms with E-state index in [1.165, 1.54) is 12.1 Å². The fraction of sp³-hybridized carbons (Fsp3) is 0.143. The third kappa shape index (κ3) is 2.15. The molecule has 0 amide bonds. The normalized spacial score (nSPS) is 10.1. The zero-order chi connectivity index (χ0) is 8.27. The van der Waals surface area contributed by atoms with Crippen LogP contribution in [0.1, 0.15) is 5.56 Å². The van der Waals surface area contributed by atoms with Gasteiger partial charge in [-0.2, -0.15) is 0 Å². The van der Waals surface area contributed by atoms with E-state index in [0.717, 1.165) is 0 Å². The molecule has 1 rings (SSSR count). The molecule has 2 N–H and O–H groups in total. The van der Waals surface area contributed by atoms with Gasteiger partial charge in [0.05, 0.1) is 11.6 Å². The van der Waals surface area contributed by atoms with E-state index in [0.29, 0.717) is 5.56 Å². The van der Waals surface area contributed by atoms with E-state index in [1.54, 1.807) is 6.07 Å². The molecule has 0 aromatic heterocycles. The Morgan fingerprint density at radius 1 is 1.55 bits per heavy atom. The summed E-state index contributed by atoms with van der Waals surface area (Å²) < 4.78 is 12.7. The first-order valence-electron chi connectivity index (χ1n) is 2.99. The molecule has 0 aliphatic heterocycles. The average molecular weight is 176 g/mol. The van der Waals surface area contributed by atoms with Crippen LogP contribution in [0.4, 0.5) is 4.39 Å². The van der Waals surface area contributed by atoms with Crippen LogP contribution < -0.4 is 5.90 Å². The van der Waals surface area contributed by atoms with Gasteiger partial charge in [0.2, 0.25) is 0 Å². The van der Waals surface area contributed by atoms with Gasteiger partial charge >= 0.3 is 0 Å². The molecule has 4 heteroatoms. The third-order valence-electron chi connectivity index (χ3n) is 1.23. The number of nitrogens with two attached hydrogens (primary N) is 1. The van der Waals surface area contributed by atoms with Crippen molar-refractivity contribution in [3.63, 3.8) is 0 Å². The zero-order valence-electron chi connectivity index (χ0n) is 5.68. The van der Waals surface area contributed by atoms with Gasteiger partial charge in [0.1, 0.15) is 5.82 Å². The van der Waals surface area contributed by atoms with E-state index >= 15 is 0 Å². The van der Waals surface area contributed by atoms with E-state index < -0.39 is 5.82 Å². The fourth-order valence-electron chi connectivity index (χ4n) is 0.726. The zero-order valence-corrected chi connectivity index (χ0v) is 6.44. The first kappa shape index (κ1) is 8.46. The molecule has 60 valence electrons. The Bertz CT molecular complexity index is 254. The molecule has 0 saturated carbocycles. The summed E-state index contributed by atoms with van der Waals surface area (Å²) in [7, 11) is 0. The van der Waals surface area contributed by atoms with Crippen molar-refractivity contribution in [1.82, 2.24) is 0 Å². The van der Waals surface area contributed by atoms with Crippen LogP contribution in [-0.4, -0.2) is 0 Å². The first-order chi connectivity index (χ1) is 5.24. The SMILES string of the molecule is NOCc1ccc(Cl)c(F)c1. The summed E-state index contributed by atoms with van der Waals surface area (Å²) in [5, 5.41) is 0.103. The number of rotatable bonds is 2. The lowest BCUT2D eigenvalue weighted by atomic mass is 10.2. The second-order valence-electron chi connectivity index (χ2n) is 2.06. The molecule has 0 unspecified atom stereocenters. The number of hydrogen-bond acceptors (Lipinski definition) is 2. The van der Waals surface area contributed by atoms with Crippen LogP contribution in [-0.2, 0) is 11.4 Å². The van der Waals surface area contributed by atoms with Gasteiger partial charge in [-0.05, 0) is 17.7 Å². The Kier molecular flexibility index (Phi) is 2.82. The van der Waals surface area contributed by atoms with Gasteiger partial charge in [0.15, 0.2) is 0 Å². The minimum Gasteiger partial charge on any atom is -0.300 e. The summed E-state index contributed by atoms with van der Waals surface area (Å²) in [6, 6.07) is 4.40. The molecule has 0 aliphatic rings. The molecule has 11 heavy (non-hydrogen) atoms. The van der Waals surface area contributed by atoms with Gasteiger partial charge in [0, 0.05) is 0 Å². The van der Waals surface area contributed by atoms with Gasteiger partial charge < -0.3 is 0 Å². The quantitative estimate of drug-likeness (QED) is 0.697. The Labute approximate surface area is 68.7 Å². The summed E-state index contributed by atoms with van der Waals surface area (Å²) in [6.45, 7) is 0.189. The Morgan fingerprint density at radius 3 is 2.82 bits per heavy atom. The molecule has 0 bridgehead atoms. The molecule has 0 aliphatic carbocycles. The maximum atomic E-state index is 12.7. The smallest absolute Gasteiger partial charge is 0.142 e. The van der Waals surface area contributed by atoms with Crippen molar-refractivity contribution < 1.29 is 9.23 Å². The topological polar surface area (TPSA) is 35.2 Å². The highest BCUT2D eigenvalue weighted by molar-refractivity contribution is 6.30. The lowest BCUT2D eigenvalue weighted by Crippen LogP contribution is -1.98. The summed E-state index contributed by atoms with van der Waals surface area (Å²) in [5.74, 6) is 4.34. The van der Waals surface area contributed by atoms with Gasteiger partial charge in [-0.1, -0.05) is 17.7 Å². The van der Waals surface area contributed by atoms with Gasteiger partial charge in [-0.15, -0.1) is 0 Å². The Morgan fingerprint density at radius 2 is 2.27 bits per heavy atom. The summed E-state index contributed by atoms with van der Waals surface area (Å²) in [5.41, 5.74) is 0.661. The average Bonchev–Trinajstić information content (AvgIpc) is 1.98. The van der Waals surface area contributed by atoms with Crippen molar-refractivity contribution in [2.75, 3.05) is 0 Å². The predicted octanol–water partition coefficient (Wildman–Crippen LogP) is 1.87. The first-order valence-corrected chi connectivity index (χ1v) is 3.37. The molecule has 0 heterocycles. The van der Waals surface area contributed by atoms with Crippen LogP contribution in [0.2, 0.25) is 5.02 Å². The minimum absolute atomic E-state index is 0.103. The third-order valence-corrected chi connectivity index (χ3v) is 1.54. The van der Waals surface area contributed by atoms with Crippen molar-refractivity contribution in [3.8, 4) is 0 Å². The van der Waals surface area contributed by atoms with Crippen LogP contribution in [0.3, 0.4) is 0 Å². The highest BCUT2D eigenvalue weighted by atomic mass is 35.5.